The van der Waals surface area contributed by atoms with E-state index in [9.17, 15) is 4.79 Å². The number of likely N-dealkylation sites (N-methyl/N-ethyl adjacent to an activating group) is 1. The Hall–Kier alpha value is -2.67. The maximum Gasteiger partial charge on any atom is 0.272 e. The van der Waals surface area contributed by atoms with Crippen molar-refractivity contribution in [1.82, 2.24) is 19.8 Å². The highest BCUT2D eigenvalue weighted by molar-refractivity contribution is 5.92. The summed E-state index contributed by atoms with van der Waals surface area (Å²) in [6.07, 6.45) is 1.71. The minimum atomic E-state index is 0.00940. The topological polar surface area (TPSA) is 55.8 Å². The number of piperazine rings is 2. The number of carbonyl (C=O) groups is 1. The van der Waals surface area contributed by atoms with Crippen LogP contribution in [-0.2, 0) is 0 Å². The van der Waals surface area contributed by atoms with Gasteiger partial charge in [0.15, 0.2) is 0 Å². The standard InChI is InChI=1S/C21H28N6O/c1-17-4-3-5-18(16-17)25-12-14-27(15-13-25)21-22-7-6-19(23-21)20(28)26-10-8-24(2)9-11-26/h3-7,16H,8-15H2,1-2H3. The van der Waals surface area contributed by atoms with Crippen LogP contribution in [0.5, 0.6) is 0 Å². The van der Waals surface area contributed by atoms with Gasteiger partial charge in [-0.15, -0.1) is 0 Å². The summed E-state index contributed by atoms with van der Waals surface area (Å²) in [7, 11) is 2.08. The van der Waals surface area contributed by atoms with Crippen molar-refractivity contribution < 1.29 is 4.79 Å². The van der Waals surface area contributed by atoms with Crippen molar-refractivity contribution >= 4 is 17.5 Å². The number of amides is 1. The number of nitrogens with zero attached hydrogens (tertiary/aromatic N) is 6. The minimum absolute atomic E-state index is 0.00940. The van der Waals surface area contributed by atoms with Gasteiger partial charge in [-0.3, -0.25) is 4.79 Å². The molecule has 0 spiro atoms. The molecular formula is C21H28N6O. The third kappa shape index (κ3) is 4.09. The predicted molar refractivity (Wildman–Crippen MR) is 111 cm³/mol. The second kappa shape index (κ2) is 8.14. The van der Waals surface area contributed by atoms with Crippen molar-refractivity contribution in [1.29, 1.82) is 0 Å². The van der Waals surface area contributed by atoms with Crippen LogP contribution in [0.25, 0.3) is 0 Å². The van der Waals surface area contributed by atoms with Gasteiger partial charge in [0.25, 0.3) is 5.91 Å². The van der Waals surface area contributed by atoms with Crippen molar-refractivity contribution in [3.05, 3.63) is 47.8 Å². The Kier molecular flexibility index (Phi) is 5.43. The van der Waals surface area contributed by atoms with Crippen LogP contribution >= 0.6 is 0 Å². The normalized spacial score (nSPS) is 18.4. The summed E-state index contributed by atoms with van der Waals surface area (Å²) in [5, 5.41) is 0. The van der Waals surface area contributed by atoms with Gasteiger partial charge >= 0.3 is 0 Å². The SMILES string of the molecule is Cc1cccc(N2CCN(c3nccc(C(=O)N4CCN(C)CC4)n3)CC2)c1. The third-order valence-electron chi connectivity index (χ3n) is 5.58. The Morgan fingerprint density at radius 2 is 1.64 bits per heavy atom. The number of aromatic nitrogens is 2. The molecule has 0 radical (unpaired) electrons. The Morgan fingerprint density at radius 3 is 2.36 bits per heavy atom. The highest BCUT2D eigenvalue weighted by Gasteiger charge is 2.24. The number of anilines is 2. The number of carbonyl (C=O) groups excluding carboxylic acids is 1. The Morgan fingerprint density at radius 1 is 0.929 bits per heavy atom. The molecule has 4 rings (SSSR count). The molecule has 2 aromatic rings. The van der Waals surface area contributed by atoms with E-state index >= 15 is 0 Å². The van der Waals surface area contributed by atoms with Gasteiger partial charge < -0.3 is 19.6 Å². The summed E-state index contributed by atoms with van der Waals surface area (Å²) in [5.74, 6) is 0.666. The lowest BCUT2D eigenvalue weighted by molar-refractivity contribution is 0.0658. The van der Waals surface area contributed by atoms with Gasteiger partial charge in [-0.25, -0.2) is 9.97 Å². The third-order valence-corrected chi connectivity index (χ3v) is 5.58. The summed E-state index contributed by atoms with van der Waals surface area (Å²) in [6.45, 7) is 8.98. The molecule has 2 aliphatic heterocycles. The maximum atomic E-state index is 12.8. The van der Waals surface area contributed by atoms with E-state index in [-0.39, 0.29) is 5.91 Å². The molecule has 7 nitrogen and oxygen atoms in total. The Labute approximate surface area is 166 Å². The largest absolute Gasteiger partial charge is 0.368 e. The Balaban J connectivity index is 1.40. The second-order valence-corrected chi connectivity index (χ2v) is 7.65. The van der Waals surface area contributed by atoms with Crippen molar-refractivity contribution in [3.63, 3.8) is 0 Å². The van der Waals surface area contributed by atoms with Gasteiger partial charge in [0.1, 0.15) is 5.69 Å². The highest BCUT2D eigenvalue weighted by atomic mass is 16.2. The first-order chi connectivity index (χ1) is 13.6. The lowest BCUT2D eigenvalue weighted by Gasteiger charge is -2.36. The zero-order valence-corrected chi connectivity index (χ0v) is 16.7. The van der Waals surface area contributed by atoms with E-state index in [0.717, 1.165) is 52.4 Å². The molecule has 2 saturated heterocycles. The quantitative estimate of drug-likeness (QED) is 0.804. The number of hydrogen-bond acceptors (Lipinski definition) is 6. The smallest absolute Gasteiger partial charge is 0.272 e. The van der Waals surface area contributed by atoms with E-state index in [1.54, 1.807) is 12.3 Å². The minimum Gasteiger partial charge on any atom is -0.368 e. The molecule has 2 fully saturated rings. The fourth-order valence-electron chi connectivity index (χ4n) is 3.78. The van der Waals surface area contributed by atoms with E-state index in [1.165, 1.54) is 11.3 Å². The molecule has 0 aliphatic carbocycles. The summed E-state index contributed by atoms with van der Waals surface area (Å²) in [6, 6.07) is 10.3. The van der Waals surface area contributed by atoms with Gasteiger partial charge in [-0.1, -0.05) is 12.1 Å². The number of benzene rings is 1. The van der Waals surface area contributed by atoms with Gasteiger partial charge in [0.05, 0.1) is 0 Å². The molecule has 0 atom stereocenters. The van der Waals surface area contributed by atoms with Gasteiger partial charge in [0.2, 0.25) is 5.95 Å². The van der Waals surface area contributed by atoms with Crippen molar-refractivity contribution in [2.75, 3.05) is 69.2 Å². The van der Waals surface area contributed by atoms with E-state index in [0.29, 0.717) is 11.6 Å². The van der Waals surface area contributed by atoms with E-state index in [4.69, 9.17) is 0 Å². The average Bonchev–Trinajstić information content (AvgIpc) is 2.74. The summed E-state index contributed by atoms with van der Waals surface area (Å²) < 4.78 is 0. The molecule has 0 saturated carbocycles. The summed E-state index contributed by atoms with van der Waals surface area (Å²) >= 11 is 0. The molecule has 0 unspecified atom stereocenters. The first kappa shape index (κ1) is 18.7. The van der Waals surface area contributed by atoms with Crippen LogP contribution < -0.4 is 9.80 Å². The summed E-state index contributed by atoms with van der Waals surface area (Å²) in [4.78, 5) is 30.5. The number of rotatable bonds is 3. The highest BCUT2D eigenvalue weighted by Crippen LogP contribution is 2.20. The molecule has 0 bridgehead atoms. The average molecular weight is 380 g/mol. The monoisotopic (exact) mass is 380 g/mol. The van der Waals surface area contributed by atoms with Crippen molar-refractivity contribution in [3.8, 4) is 0 Å². The Bertz CT molecular complexity index is 825. The molecule has 1 aromatic heterocycles. The van der Waals surface area contributed by atoms with E-state index in [1.807, 2.05) is 4.90 Å². The molecule has 2 aliphatic rings. The lowest BCUT2D eigenvalue weighted by atomic mass is 10.2. The number of aryl methyl sites for hydroxylation is 1. The molecule has 7 heteroatoms. The molecule has 28 heavy (non-hydrogen) atoms. The van der Waals surface area contributed by atoms with Crippen LogP contribution in [0, 0.1) is 6.92 Å². The van der Waals surface area contributed by atoms with Crippen LogP contribution in [0.3, 0.4) is 0 Å². The van der Waals surface area contributed by atoms with Crippen molar-refractivity contribution in [2.45, 2.75) is 6.92 Å². The zero-order chi connectivity index (χ0) is 19.5. The van der Waals surface area contributed by atoms with Gasteiger partial charge in [-0.2, -0.15) is 0 Å². The second-order valence-electron chi connectivity index (χ2n) is 7.65. The predicted octanol–water partition coefficient (Wildman–Crippen LogP) is 1.50. The number of hydrogen-bond donors (Lipinski definition) is 0. The fourth-order valence-corrected chi connectivity index (χ4v) is 3.78. The first-order valence-corrected chi connectivity index (χ1v) is 9.97. The molecule has 148 valence electrons. The van der Waals surface area contributed by atoms with Gasteiger partial charge in [-0.05, 0) is 37.7 Å². The first-order valence-electron chi connectivity index (χ1n) is 9.97. The van der Waals surface area contributed by atoms with Crippen LogP contribution in [0.4, 0.5) is 11.6 Å². The van der Waals surface area contributed by atoms with Crippen LogP contribution in [0.1, 0.15) is 16.1 Å². The molecule has 0 N–H and O–H groups in total. The molecular weight excluding hydrogens is 352 g/mol. The van der Waals surface area contributed by atoms with Crippen molar-refractivity contribution in [2.24, 2.45) is 0 Å². The van der Waals surface area contributed by atoms with Crippen LogP contribution in [0.2, 0.25) is 0 Å². The lowest BCUT2D eigenvalue weighted by Crippen LogP contribution is -2.48. The van der Waals surface area contributed by atoms with Crippen LogP contribution in [-0.4, -0.2) is 85.1 Å². The van der Waals surface area contributed by atoms with E-state index in [2.05, 4.69) is 62.9 Å². The summed E-state index contributed by atoms with van der Waals surface area (Å²) in [5.41, 5.74) is 3.04. The van der Waals surface area contributed by atoms with Crippen LogP contribution in [0.15, 0.2) is 36.5 Å². The maximum absolute atomic E-state index is 12.8. The molecule has 3 heterocycles. The zero-order valence-electron chi connectivity index (χ0n) is 16.7. The van der Waals surface area contributed by atoms with Gasteiger partial charge in [0, 0.05) is 64.2 Å². The molecule has 1 aromatic carbocycles. The molecule has 1 amide bonds. The fraction of sp³-hybridized carbons (Fsp3) is 0.476. The van der Waals surface area contributed by atoms with E-state index < -0.39 is 0 Å².